The number of aromatic nitrogens is 4. The summed E-state index contributed by atoms with van der Waals surface area (Å²) >= 11 is 0. The van der Waals surface area contributed by atoms with E-state index in [1.54, 1.807) is 39.2 Å². The van der Waals surface area contributed by atoms with Crippen molar-refractivity contribution >= 4 is 28.5 Å². The van der Waals surface area contributed by atoms with Crippen molar-refractivity contribution in [1.82, 2.24) is 24.4 Å². The average Bonchev–Trinajstić information content (AvgIpc) is 3.55. The quantitative estimate of drug-likeness (QED) is 0.332. The van der Waals surface area contributed by atoms with E-state index in [9.17, 15) is 18.8 Å². The smallest absolute Gasteiger partial charge is 0.274 e. The third-order valence-corrected chi connectivity index (χ3v) is 6.23. The number of hydrogen-bond acceptors (Lipinski definition) is 5. The Hall–Kier alpha value is -3.82. The molecule has 1 aliphatic rings. The van der Waals surface area contributed by atoms with Crippen LogP contribution in [0.3, 0.4) is 0 Å². The van der Waals surface area contributed by atoms with E-state index in [-0.39, 0.29) is 41.5 Å². The van der Waals surface area contributed by atoms with Gasteiger partial charge in [0.15, 0.2) is 5.82 Å². The summed E-state index contributed by atoms with van der Waals surface area (Å²) in [5.41, 5.74) is 2.09. The van der Waals surface area contributed by atoms with Gasteiger partial charge in [-0.1, -0.05) is 6.08 Å². The number of amides is 2. The minimum Gasteiger partial charge on any atom is -0.345 e. The zero-order valence-corrected chi connectivity index (χ0v) is 20.8. The number of carbonyl (C=O) groups is 2. The van der Waals surface area contributed by atoms with Gasteiger partial charge in [0.05, 0.1) is 24.0 Å². The Morgan fingerprint density at radius 1 is 1.31 bits per heavy atom. The number of nitrogens with one attached hydrogen (secondary N) is 2. The first kappa shape index (κ1) is 25.3. The molecule has 0 saturated heterocycles. The zero-order chi connectivity index (χ0) is 25.8. The number of imidazole rings is 1. The van der Waals surface area contributed by atoms with Gasteiger partial charge in [0, 0.05) is 26.2 Å². The lowest BCUT2D eigenvalue weighted by molar-refractivity contribution is -0.123. The predicted molar refractivity (Wildman–Crippen MR) is 135 cm³/mol. The monoisotopic (exact) mass is 494 g/mol. The first-order chi connectivity index (χ1) is 17.2. The number of nitrogens with zero attached hydrogens (tertiary/aromatic N) is 4. The van der Waals surface area contributed by atoms with Crippen LogP contribution in [0.1, 0.15) is 49.3 Å². The molecule has 190 valence electrons. The molecule has 0 bridgehead atoms. The molecule has 3 aromatic rings. The van der Waals surface area contributed by atoms with Crippen LogP contribution in [0.25, 0.3) is 11.0 Å². The molecule has 3 aromatic heterocycles. The summed E-state index contributed by atoms with van der Waals surface area (Å²) in [5, 5.41) is 2.68. The van der Waals surface area contributed by atoms with Gasteiger partial charge >= 0.3 is 0 Å². The minimum atomic E-state index is -0.502. The molecule has 9 nitrogen and oxygen atoms in total. The number of allylic oxidation sites excluding steroid dienone is 1. The Balaban J connectivity index is 1.44. The Kier molecular flexibility index (Phi) is 7.61. The van der Waals surface area contributed by atoms with Crippen LogP contribution >= 0.6 is 0 Å². The van der Waals surface area contributed by atoms with Crippen LogP contribution in [-0.2, 0) is 22.6 Å². The molecule has 1 fully saturated rings. The highest BCUT2D eigenvalue weighted by molar-refractivity contribution is 5.90. The van der Waals surface area contributed by atoms with Crippen LogP contribution in [0, 0.1) is 18.7 Å². The van der Waals surface area contributed by atoms with Crippen molar-refractivity contribution in [3.05, 3.63) is 63.9 Å². The van der Waals surface area contributed by atoms with Gasteiger partial charge in [-0.15, -0.1) is 0 Å². The van der Waals surface area contributed by atoms with Gasteiger partial charge in [0.1, 0.15) is 17.0 Å². The lowest BCUT2D eigenvalue weighted by atomic mass is 10.2. The van der Waals surface area contributed by atoms with E-state index < -0.39 is 5.82 Å². The van der Waals surface area contributed by atoms with E-state index >= 15 is 0 Å². The van der Waals surface area contributed by atoms with E-state index in [2.05, 4.69) is 20.3 Å². The van der Waals surface area contributed by atoms with E-state index in [0.29, 0.717) is 35.8 Å². The number of likely N-dealkylation sites (N-methyl/N-ethyl adjacent to an activating group) is 1. The number of hydrogen-bond donors (Lipinski definition) is 2. The van der Waals surface area contributed by atoms with E-state index in [4.69, 9.17) is 0 Å². The zero-order valence-electron chi connectivity index (χ0n) is 20.8. The van der Waals surface area contributed by atoms with Crippen LogP contribution < -0.4 is 10.9 Å². The summed E-state index contributed by atoms with van der Waals surface area (Å²) in [6.45, 7) is 1.90. The fourth-order valence-corrected chi connectivity index (χ4v) is 3.93. The minimum absolute atomic E-state index is 0.107. The highest BCUT2D eigenvalue weighted by Crippen LogP contribution is 2.33. The fraction of sp³-hybridized carbons (Fsp3) is 0.423. The Morgan fingerprint density at radius 3 is 2.81 bits per heavy atom. The average molecular weight is 495 g/mol. The molecule has 0 radical (unpaired) electrons. The molecule has 0 aliphatic heterocycles. The second kappa shape index (κ2) is 10.8. The fourth-order valence-electron chi connectivity index (χ4n) is 3.93. The van der Waals surface area contributed by atoms with E-state index in [1.807, 2.05) is 0 Å². The van der Waals surface area contributed by atoms with E-state index in [0.717, 1.165) is 25.0 Å². The molecule has 1 aliphatic carbocycles. The highest BCUT2D eigenvalue weighted by atomic mass is 19.1. The number of aromatic amines is 1. The third kappa shape index (κ3) is 6.05. The summed E-state index contributed by atoms with van der Waals surface area (Å²) in [6, 6.07) is 3.33. The normalized spacial score (nSPS) is 13.4. The molecule has 10 heteroatoms. The molecule has 0 atom stereocenters. The second-order valence-corrected chi connectivity index (χ2v) is 9.46. The predicted octanol–water partition coefficient (Wildman–Crippen LogP) is 3.32. The van der Waals surface area contributed by atoms with Crippen molar-refractivity contribution in [1.29, 1.82) is 0 Å². The molecule has 2 amide bonds. The number of fused-ring (bicyclic) bond motifs is 1. The van der Waals surface area contributed by atoms with Crippen LogP contribution in [0.15, 0.2) is 35.3 Å². The highest BCUT2D eigenvalue weighted by Gasteiger charge is 2.24. The molecule has 3 heterocycles. The molecule has 36 heavy (non-hydrogen) atoms. The van der Waals surface area contributed by atoms with Crippen LogP contribution in [0.4, 0.5) is 10.1 Å². The number of H-pyrrole nitrogens is 1. The maximum atomic E-state index is 14.4. The van der Waals surface area contributed by atoms with Crippen molar-refractivity contribution in [2.45, 2.75) is 52.0 Å². The van der Waals surface area contributed by atoms with Gasteiger partial charge in [-0.25, -0.2) is 9.37 Å². The Bertz CT molecular complexity index is 1370. The molecule has 0 unspecified atom stereocenters. The number of unbranched alkanes of at least 4 members (excludes halogenated alkanes) is 1. The Morgan fingerprint density at radius 2 is 2.08 bits per heavy atom. The summed E-state index contributed by atoms with van der Waals surface area (Å²) in [6.07, 6.45) is 8.84. The van der Waals surface area contributed by atoms with Gasteiger partial charge in [0.2, 0.25) is 11.8 Å². The van der Waals surface area contributed by atoms with E-state index in [1.165, 1.54) is 21.7 Å². The number of rotatable bonds is 10. The molecule has 0 spiro atoms. The van der Waals surface area contributed by atoms with Crippen LogP contribution in [-0.4, -0.2) is 50.3 Å². The summed E-state index contributed by atoms with van der Waals surface area (Å²) < 4.78 is 15.9. The SMILES string of the molecule is Cc1ccc(NC(=O)CCC/C=C/C(=O)N(C)C)c(=O)n1Cc1nc2c(F)cnc(CC3CC3)c2[nH]1. The van der Waals surface area contributed by atoms with Crippen molar-refractivity contribution in [3.8, 4) is 0 Å². The lowest BCUT2D eigenvalue weighted by Crippen LogP contribution is -2.27. The van der Waals surface area contributed by atoms with Crippen LogP contribution in [0.5, 0.6) is 0 Å². The summed E-state index contributed by atoms with van der Waals surface area (Å²) in [4.78, 5) is 50.3. The van der Waals surface area contributed by atoms with Crippen molar-refractivity contribution in [3.63, 3.8) is 0 Å². The number of halogens is 1. The van der Waals surface area contributed by atoms with Gasteiger partial charge in [-0.3, -0.25) is 19.4 Å². The van der Waals surface area contributed by atoms with Crippen molar-refractivity contribution in [2.75, 3.05) is 19.4 Å². The van der Waals surface area contributed by atoms with Gasteiger partial charge < -0.3 is 19.8 Å². The maximum Gasteiger partial charge on any atom is 0.274 e. The standard InChI is InChI=1S/C26H31FN6O3/c1-16-9-12-19(29-22(34)7-5-4-6-8-23(35)32(2)3)26(36)33(16)15-21-30-24-18(27)14-28-20(25(24)31-21)13-17-10-11-17/h6,8-9,12,14,17H,4-5,7,10-11,13,15H2,1-3H3,(H,29,34)(H,30,31)/b8-6+. The largest absolute Gasteiger partial charge is 0.345 e. The van der Waals surface area contributed by atoms with Gasteiger partial charge in [-0.05, 0) is 63.2 Å². The molecule has 1 saturated carbocycles. The lowest BCUT2D eigenvalue weighted by Gasteiger charge is -2.11. The number of anilines is 1. The molecule has 2 N–H and O–H groups in total. The molecule has 4 rings (SSSR count). The summed E-state index contributed by atoms with van der Waals surface area (Å²) in [5.74, 6) is 0.137. The van der Waals surface area contributed by atoms with Crippen molar-refractivity contribution in [2.24, 2.45) is 5.92 Å². The maximum absolute atomic E-state index is 14.4. The molecular formula is C26H31FN6O3. The third-order valence-electron chi connectivity index (χ3n) is 6.23. The summed E-state index contributed by atoms with van der Waals surface area (Å²) in [7, 11) is 3.34. The van der Waals surface area contributed by atoms with Gasteiger partial charge in [-0.2, -0.15) is 0 Å². The number of aryl methyl sites for hydroxylation is 1. The molecule has 0 aromatic carbocycles. The molecular weight excluding hydrogens is 463 g/mol. The first-order valence-corrected chi connectivity index (χ1v) is 12.1. The Labute approximate surface area is 208 Å². The van der Waals surface area contributed by atoms with Crippen molar-refractivity contribution < 1.29 is 14.0 Å². The first-order valence-electron chi connectivity index (χ1n) is 12.1. The second-order valence-electron chi connectivity index (χ2n) is 9.46. The number of pyridine rings is 2. The topological polar surface area (TPSA) is 113 Å². The van der Waals surface area contributed by atoms with Crippen LogP contribution in [0.2, 0.25) is 0 Å². The van der Waals surface area contributed by atoms with Gasteiger partial charge in [0.25, 0.3) is 5.56 Å². The number of carbonyl (C=O) groups excluding carboxylic acids is 2.